The third-order valence-corrected chi connectivity index (χ3v) is 4.46. The molecule has 0 aliphatic rings. The predicted molar refractivity (Wildman–Crippen MR) is 108 cm³/mol. The standard InChI is InChI=1S/C22H24N4O/c1-15-7-9-19(16(2)12-15)21(17-6-5-11-23-13-17)25-20-10-8-18(14-24-20)22(27)26(3)4/h5-14,21H,1-4H3,(H,24,25). The van der Waals surface area contributed by atoms with Crippen LogP contribution in [0.5, 0.6) is 0 Å². The average Bonchev–Trinajstić information content (AvgIpc) is 2.67. The Bertz CT molecular complexity index is 921. The van der Waals surface area contributed by atoms with Gasteiger partial charge < -0.3 is 10.2 Å². The summed E-state index contributed by atoms with van der Waals surface area (Å²) in [6.07, 6.45) is 5.23. The van der Waals surface area contributed by atoms with E-state index in [9.17, 15) is 4.79 Å². The Morgan fingerprint density at radius 1 is 1.07 bits per heavy atom. The van der Waals surface area contributed by atoms with Crippen LogP contribution in [0.4, 0.5) is 5.82 Å². The fraction of sp³-hybridized carbons (Fsp3) is 0.227. The lowest BCUT2D eigenvalue weighted by atomic mass is 9.94. The molecule has 1 aromatic carbocycles. The summed E-state index contributed by atoms with van der Waals surface area (Å²) < 4.78 is 0. The van der Waals surface area contributed by atoms with Crippen molar-refractivity contribution in [3.8, 4) is 0 Å². The average molecular weight is 360 g/mol. The number of hydrogen-bond acceptors (Lipinski definition) is 4. The normalized spacial score (nSPS) is 11.7. The van der Waals surface area contributed by atoms with Crippen LogP contribution in [0.15, 0.2) is 61.1 Å². The molecule has 1 unspecified atom stereocenters. The van der Waals surface area contributed by atoms with E-state index in [0.717, 1.165) is 5.56 Å². The van der Waals surface area contributed by atoms with E-state index in [0.29, 0.717) is 11.4 Å². The second-order valence-corrected chi connectivity index (χ2v) is 6.86. The highest BCUT2D eigenvalue weighted by molar-refractivity contribution is 5.93. The summed E-state index contributed by atoms with van der Waals surface area (Å²) in [6, 6.07) is 13.9. The number of hydrogen-bond donors (Lipinski definition) is 1. The highest BCUT2D eigenvalue weighted by Crippen LogP contribution is 2.28. The van der Waals surface area contributed by atoms with Crippen molar-refractivity contribution in [1.82, 2.24) is 14.9 Å². The molecule has 0 radical (unpaired) electrons. The van der Waals surface area contributed by atoms with Gasteiger partial charge >= 0.3 is 0 Å². The Morgan fingerprint density at radius 2 is 1.89 bits per heavy atom. The molecule has 5 heteroatoms. The lowest BCUT2D eigenvalue weighted by Gasteiger charge is -2.22. The van der Waals surface area contributed by atoms with Crippen LogP contribution >= 0.6 is 0 Å². The molecule has 1 N–H and O–H groups in total. The van der Waals surface area contributed by atoms with Crippen LogP contribution in [-0.2, 0) is 0 Å². The fourth-order valence-electron chi connectivity index (χ4n) is 3.05. The molecule has 0 aliphatic carbocycles. The largest absolute Gasteiger partial charge is 0.359 e. The first-order valence-electron chi connectivity index (χ1n) is 8.87. The minimum absolute atomic E-state index is 0.0627. The smallest absolute Gasteiger partial charge is 0.254 e. The van der Waals surface area contributed by atoms with E-state index < -0.39 is 0 Å². The third kappa shape index (κ3) is 4.31. The summed E-state index contributed by atoms with van der Waals surface area (Å²) in [5, 5.41) is 3.49. The first-order chi connectivity index (χ1) is 13.0. The maximum atomic E-state index is 12.1. The number of nitrogens with zero attached hydrogens (tertiary/aromatic N) is 3. The summed E-state index contributed by atoms with van der Waals surface area (Å²) in [4.78, 5) is 22.3. The van der Waals surface area contributed by atoms with E-state index in [-0.39, 0.29) is 11.9 Å². The molecule has 0 fully saturated rings. The maximum Gasteiger partial charge on any atom is 0.254 e. The zero-order chi connectivity index (χ0) is 19.4. The number of aryl methyl sites for hydroxylation is 2. The molecule has 0 bridgehead atoms. The van der Waals surface area contributed by atoms with Crippen LogP contribution in [0, 0.1) is 13.8 Å². The van der Waals surface area contributed by atoms with E-state index in [1.165, 1.54) is 21.6 Å². The molecule has 138 valence electrons. The molecule has 0 spiro atoms. The van der Waals surface area contributed by atoms with Gasteiger partial charge in [0.05, 0.1) is 11.6 Å². The summed E-state index contributed by atoms with van der Waals surface area (Å²) in [7, 11) is 3.46. The predicted octanol–water partition coefficient (Wildman–Crippen LogP) is 4.00. The second kappa shape index (κ2) is 7.99. The van der Waals surface area contributed by atoms with Crippen molar-refractivity contribution >= 4 is 11.7 Å². The lowest BCUT2D eigenvalue weighted by molar-refractivity contribution is 0.0827. The van der Waals surface area contributed by atoms with Crippen molar-refractivity contribution in [2.45, 2.75) is 19.9 Å². The molecular formula is C22H24N4O. The summed E-state index contributed by atoms with van der Waals surface area (Å²) in [5.74, 6) is 0.645. The zero-order valence-electron chi connectivity index (χ0n) is 16.1. The Kier molecular flexibility index (Phi) is 5.50. The quantitative estimate of drug-likeness (QED) is 0.747. The Morgan fingerprint density at radius 3 is 2.48 bits per heavy atom. The number of aromatic nitrogens is 2. The number of amides is 1. The minimum Gasteiger partial charge on any atom is -0.359 e. The molecule has 5 nitrogen and oxygen atoms in total. The zero-order valence-corrected chi connectivity index (χ0v) is 16.1. The number of pyridine rings is 2. The van der Waals surface area contributed by atoms with Crippen LogP contribution in [0.3, 0.4) is 0 Å². The number of carbonyl (C=O) groups is 1. The Hall–Kier alpha value is -3.21. The van der Waals surface area contributed by atoms with Crippen LogP contribution in [0.1, 0.15) is 38.7 Å². The summed E-state index contributed by atoms with van der Waals surface area (Å²) >= 11 is 0. The molecule has 0 saturated heterocycles. The van der Waals surface area contributed by atoms with Crippen molar-refractivity contribution in [2.75, 3.05) is 19.4 Å². The van der Waals surface area contributed by atoms with Crippen LogP contribution < -0.4 is 5.32 Å². The van der Waals surface area contributed by atoms with Crippen molar-refractivity contribution in [3.63, 3.8) is 0 Å². The lowest BCUT2D eigenvalue weighted by Crippen LogP contribution is -2.22. The molecule has 3 aromatic rings. The van der Waals surface area contributed by atoms with E-state index >= 15 is 0 Å². The molecule has 2 aromatic heterocycles. The van der Waals surface area contributed by atoms with Gasteiger partial charge in [-0.25, -0.2) is 4.98 Å². The Labute approximate surface area is 160 Å². The highest BCUT2D eigenvalue weighted by atomic mass is 16.2. The van der Waals surface area contributed by atoms with E-state index in [4.69, 9.17) is 0 Å². The molecule has 27 heavy (non-hydrogen) atoms. The summed E-state index contributed by atoms with van der Waals surface area (Å²) in [6.45, 7) is 4.20. The molecule has 2 heterocycles. The number of carbonyl (C=O) groups excluding carboxylic acids is 1. The van der Waals surface area contributed by atoms with Gasteiger partial charge in [0.1, 0.15) is 5.82 Å². The van der Waals surface area contributed by atoms with Crippen molar-refractivity contribution in [1.29, 1.82) is 0 Å². The number of nitrogens with one attached hydrogen (secondary N) is 1. The Balaban J connectivity index is 1.94. The van der Waals surface area contributed by atoms with Gasteiger partial charge in [-0.2, -0.15) is 0 Å². The van der Waals surface area contributed by atoms with Crippen molar-refractivity contribution < 1.29 is 4.79 Å². The third-order valence-electron chi connectivity index (χ3n) is 4.46. The molecule has 0 saturated carbocycles. The molecule has 0 aliphatic heterocycles. The molecule has 1 atom stereocenters. The second-order valence-electron chi connectivity index (χ2n) is 6.86. The van der Waals surface area contributed by atoms with Crippen molar-refractivity contribution in [3.05, 3.63) is 88.9 Å². The van der Waals surface area contributed by atoms with Gasteiger partial charge in [0.15, 0.2) is 0 Å². The van der Waals surface area contributed by atoms with Crippen LogP contribution in [-0.4, -0.2) is 34.9 Å². The minimum atomic E-state index is -0.0813. The van der Waals surface area contributed by atoms with Gasteiger partial charge in [-0.15, -0.1) is 0 Å². The monoisotopic (exact) mass is 360 g/mol. The van der Waals surface area contributed by atoms with Gasteiger partial charge in [0.25, 0.3) is 5.91 Å². The fourth-order valence-corrected chi connectivity index (χ4v) is 3.05. The number of anilines is 1. The summed E-state index contributed by atoms with van der Waals surface area (Å²) in [5.41, 5.74) is 5.22. The molecule has 1 amide bonds. The van der Waals surface area contributed by atoms with Gasteiger partial charge in [-0.3, -0.25) is 9.78 Å². The SMILES string of the molecule is Cc1ccc(C(Nc2ccc(C(=O)N(C)C)cn2)c2cccnc2)c(C)c1. The number of benzene rings is 1. The van der Waals surface area contributed by atoms with Crippen molar-refractivity contribution in [2.24, 2.45) is 0 Å². The number of rotatable bonds is 5. The highest BCUT2D eigenvalue weighted by Gasteiger charge is 2.17. The van der Waals surface area contributed by atoms with E-state index in [2.05, 4.69) is 47.3 Å². The van der Waals surface area contributed by atoms with Gasteiger partial charge in [-0.05, 0) is 48.7 Å². The topological polar surface area (TPSA) is 58.1 Å². The van der Waals surface area contributed by atoms with Gasteiger partial charge in [0.2, 0.25) is 0 Å². The van der Waals surface area contributed by atoms with Gasteiger partial charge in [-0.1, -0.05) is 29.8 Å². The van der Waals surface area contributed by atoms with Crippen LogP contribution in [0.2, 0.25) is 0 Å². The van der Waals surface area contributed by atoms with Crippen LogP contribution in [0.25, 0.3) is 0 Å². The van der Waals surface area contributed by atoms with Gasteiger partial charge in [0, 0.05) is 32.7 Å². The van der Waals surface area contributed by atoms with E-state index in [1.807, 2.05) is 24.4 Å². The first kappa shape index (κ1) is 18.6. The molecular weight excluding hydrogens is 336 g/mol. The van der Waals surface area contributed by atoms with E-state index in [1.54, 1.807) is 32.6 Å². The molecule has 3 rings (SSSR count). The maximum absolute atomic E-state index is 12.1. The first-order valence-corrected chi connectivity index (χ1v) is 8.87.